The maximum atomic E-state index is 12.8. The van der Waals surface area contributed by atoms with Crippen molar-refractivity contribution in [1.82, 2.24) is 34.6 Å². The number of hydrogen-bond acceptors (Lipinski definition) is 9. The molecule has 0 saturated carbocycles. The minimum Gasteiger partial charge on any atom is -0.383 e. The highest BCUT2D eigenvalue weighted by Gasteiger charge is 2.17. The van der Waals surface area contributed by atoms with Gasteiger partial charge in [0.15, 0.2) is 15.9 Å². The summed E-state index contributed by atoms with van der Waals surface area (Å²) in [4.78, 5) is 27.2. The summed E-state index contributed by atoms with van der Waals surface area (Å²) in [5.41, 5.74) is 1.45. The molecule has 174 valence electrons. The van der Waals surface area contributed by atoms with E-state index in [9.17, 15) is 4.79 Å². The third-order valence-corrected chi connectivity index (χ3v) is 6.67. The summed E-state index contributed by atoms with van der Waals surface area (Å²) in [5.74, 6) is 1.46. The Morgan fingerprint density at radius 1 is 1.21 bits per heavy atom. The van der Waals surface area contributed by atoms with E-state index in [4.69, 9.17) is 4.74 Å². The Morgan fingerprint density at radius 3 is 2.79 bits per heavy atom. The summed E-state index contributed by atoms with van der Waals surface area (Å²) >= 11 is 2.94. The number of ether oxygens (including phenoxy) is 1. The van der Waals surface area contributed by atoms with Gasteiger partial charge in [-0.1, -0.05) is 30.0 Å². The van der Waals surface area contributed by atoms with Crippen LogP contribution in [-0.2, 0) is 11.3 Å². The van der Waals surface area contributed by atoms with Gasteiger partial charge in [-0.2, -0.15) is 5.10 Å². The molecule has 0 unspecified atom stereocenters. The molecule has 0 spiro atoms. The topological polar surface area (TPSA) is 112 Å². The van der Waals surface area contributed by atoms with Crippen molar-refractivity contribution in [3.05, 3.63) is 41.3 Å². The Labute approximate surface area is 199 Å². The van der Waals surface area contributed by atoms with Gasteiger partial charge in [-0.3, -0.25) is 4.79 Å². The van der Waals surface area contributed by atoms with Crippen molar-refractivity contribution in [3.8, 4) is 5.13 Å². The van der Waals surface area contributed by atoms with E-state index in [1.165, 1.54) is 11.3 Å². The number of anilines is 1. The first-order valence-electron chi connectivity index (χ1n) is 10.6. The molecule has 2 N–H and O–H groups in total. The molecule has 0 atom stereocenters. The largest absolute Gasteiger partial charge is 0.383 e. The van der Waals surface area contributed by atoms with E-state index >= 15 is 0 Å². The fourth-order valence-electron chi connectivity index (χ4n) is 3.22. The van der Waals surface area contributed by atoms with E-state index in [1.807, 2.05) is 36.0 Å². The molecule has 0 bridgehead atoms. The average molecular weight is 487 g/mol. The van der Waals surface area contributed by atoms with Crippen LogP contribution in [0.2, 0.25) is 0 Å². The highest BCUT2D eigenvalue weighted by atomic mass is 32.2. The Morgan fingerprint density at radius 2 is 2.03 bits per heavy atom. The second kappa shape index (κ2) is 10.8. The minimum absolute atomic E-state index is 0.140. The summed E-state index contributed by atoms with van der Waals surface area (Å²) in [6, 6.07) is 3.86. The number of nitrogens with one attached hydrogen (secondary N) is 2. The average Bonchev–Trinajstić information content (AvgIpc) is 3.54. The normalized spacial score (nSPS) is 11.2. The smallest absolute Gasteiger partial charge is 0.263 e. The quantitative estimate of drug-likeness (QED) is 0.189. The van der Waals surface area contributed by atoms with Gasteiger partial charge in [0, 0.05) is 32.6 Å². The SMILES string of the molecule is CCSc1nc(NCCOC)c2cnn(CCNC(=O)c3sc(-n4cccc4)nc3C)c2n1. The van der Waals surface area contributed by atoms with E-state index in [-0.39, 0.29) is 5.91 Å². The van der Waals surface area contributed by atoms with Crippen molar-refractivity contribution in [3.63, 3.8) is 0 Å². The molecular formula is C21H26N8O2S2. The van der Waals surface area contributed by atoms with Crippen LogP contribution in [-0.4, -0.2) is 67.8 Å². The molecule has 0 fully saturated rings. The number of thioether (sulfide) groups is 1. The van der Waals surface area contributed by atoms with Gasteiger partial charge in [-0.25, -0.2) is 19.6 Å². The number of carbonyl (C=O) groups excluding carboxylic acids is 1. The number of aryl methyl sites for hydroxylation is 1. The summed E-state index contributed by atoms with van der Waals surface area (Å²) in [6.07, 6.45) is 5.58. The predicted molar refractivity (Wildman–Crippen MR) is 131 cm³/mol. The first-order valence-corrected chi connectivity index (χ1v) is 12.4. The number of methoxy groups -OCH3 is 1. The van der Waals surface area contributed by atoms with Gasteiger partial charge in [0.25, 0.3) is 5.91 Å². The molecule has 0 aromatic carbocycles. The number of nitrogens with zero attached hydrogens (tertiary/aromatic N) is 6. The molecule has 0 aliphatic carbocycles. The molecule has 4 rings (SSSR count). The maximum absolute atomic E-state index is 12.8. The Kier molecular flexibility index (Phi) is 7.57. The highest BCUT2D eigenvalue weighted by molar-refractivity contribution is 7.99. The molecule has 4 heterocycles. The number of rotatable bonds is 11. The van der Waals surface area contributed by atoms with Crippen LogP contribution in [0.5, 0.6) is 0 Å². The summed E-state index contributed by atoms with van der Waals surface area (Å²) < 4.78 is 8.82. The standard InChI is InChI=1S/C21H26N8O2S2/c1-4-32-20-26-17(22-8-12-31-3)15-13-24-29(18(15)27-20)11-7-23-19(30)16-14(2)25-21(33-16)28-9-5-6-10-28/h5-6,9-10,13H,4,7-8,11-12H2,1-3H3,(H,23,30)(H,22,26,27). The van der Waals surface area contributed by atoms with Crippen molar-refractivity contribution in [1.29, 1.82) is 0 Å². The third kappa shape index (κ3) is 5.34. The van der Waals surface area contributed by atoms with Crippen LogP contribution < -0.4 is 10.6 Å². The number of fused-ring (bicyclic) bond motifs is 1. The summed E-state index contributed by atoms with van der Waals surface area (Å²) in [7, 11) is 1.66. The minimum atomic E-state index is -0.140. The second-order valence-electron chi connectivity index (χ2n) is 7.07. The van der Waals surface area contributed by atoms with Gasteiger partial charge < -0.3 is 19.9 Å². The zero-order valence-electron chi connectivity index (χ0n) is 18.7. The molecule has 0 radical (unpaired) electrons. The van der Waals surface area contributed by atoms with E-state index in [1.54, 1.807) is 29.8 Å². The Balaban J connectivity index is 1.45. The molecule has 0 aliphatic rings. The number of carbonyl (C=O) groups is 1. The second-order valence-corrected chi connectivity index (χ2v) is 9.28. The molecule has 10 nitrogen and oxygen atoms in total. The predicted octanol–water partition coefficient (Wildman–Crippen LogP) is 2.98. The highest BCUT2D eigenvalue weighted by Crippen LogP contribution is 2.24. The van der Waals surface area contributed by atoms with Gasteiger partial charge in [0.05, 0.1) is 30.4 Å². The van der Waals surface area contributed by atoms with Crippen molar-refractivity contribution in [2.75, 3.05) is 37.9 Å². The van der Waals surface area contributed by atoms with Crippen molar-refractivity contribution < 1.29 is 9.53 Å². The van der Waals surface area contributed by atoms with Crippen LogP contribution in [0, 0.1) is 6.92 Å². The molecular weight excluding hydrogens is 460 g/mol. The number of amides is 1. The Hall–Kier alpha value is -2.96. The van der Waals surface area contributed by atoms with E-state index in [2.05, 4.69) is 37.6 Å². The lowest BCUT2D eigenvalue weighted by Crippen LogP contribution is -2.27. The monoisotopic (exact) mass is 486 g/mol. The summed E-state index contributed by atoms with van der Waals surface area (Å²) in [5, 5.41) is 13.1. The van der Waals surface area contributed by atoms with Gasteiger partial charge in [0.1, 0.15) is 10.7 Å². The van der Waals surface area contributed by atoms with Crippen LogP contribution in [0.25, 0.3) is 16.2 Å². The van der Waals surface area contributed by atoms with E-state index in [0.29, 0.717) is 42.0 Å². The van der Waals surface area contributed by atoms with E-state index < -0.39 is 0 Å². The van der Waals surface area contributed by atoms with Crippen molar-refractivity contribution >= 4 is 45.9 Å². The molecule has 4 aromatic heterocycles. The molecule has 0 aliphatic heterocycles. The molecule has 0 saturated heterocycles. The maximum Gasteiger partial charge on any atom is 0.263 e. The van der Waals surface area contributed by atoms with Crippen LogP contribution in [0.3, 0.4) is 0 Å². The molecule has 12 heteroatoms. The van der Waals surface area contributed by atoms with Gasteiger partial charge >= 0.3 is 0 Å². The Bertz CT molecular complexity index is 1220. The van der Waals surface area contributed by atoms with Crippen LogP contribution in [0.15, 0.2) is 35.9 Å². The van der Waals surface area contributed by atoms with Crippen LogP contribution >= 0.6 is 23.1 Å². The van der Waals surface area contributed by atoms with Crippen LogP contribution in [0.4, 0.5) is 5.82 Å². The lowest BCUT2D eigenvalue weighted by atomic mass is 10.3. The van der Waals surface area contributed by atoms with Gasteiger partial charge in [-0.05, 0) is 24.8 Å². The first kappa shape index (κ1) is 23.2. The molecule has 4 aromatic rings. The fourth-order valence-corrected chi connectivity index (χ4v) is 4.74. The van der Waals surface area contributed by atoms with Crippen LogP contribution in [0.1, 0.15) is 22.3 Å². The lowest BCUT2D eigenvalue weighted by Gasteiger charge is -2.09. The lowest BCUT2D eigenvalue weighted by molar-refractivity contribution is 0.0955. The van der Waals surface area contributed by atoms with Gasteiger partial charge in [-0.15, -0.1) is 0 Å². The summed E-state index contributed by atoms with van der Waals surface area (Å²) in [6.45, 7) is 6.03. The zero-order chi connectivity index (χ0) is 23.2. The third-order valence-electron chi connectivity index (χ3n) is 4.77. The number of thiazole rings is 1. The van der Waals surface area contributed by atoms with E-state index in [0.717, 1.165) is 27.7 Å². The van der Waals surface area contributed by atoms with Gasteiger partial charge in [0.2, 0.25) is 0 Å². The molecule has 1 amide bonds. The number of aromatic nitrogens is 6. The molecule has 33 heavy (non-hydrogen) atoms. The first-order chi connectivity index (χ1) is 16.1. The van der Waals surface area contributed by atoms with Crippen molar-refractivity contribution in [2.45, 2.75) is 25.5 Å². The zero-order valence-corrected chi connectivity index (χ0v) is 20.4. The number of hydrogen-bond donors (Lipinski definition) is 2. The van der Waals surface area contributed by atoms with Crippen molar-refractivity contribution in [2.24, 2.45) is 0 Å². The fraction of sp³-hybridized carbons (Fsp3) is 0.381.